The molecule has 4 heterocycles. The van der Waals surface area contributed by atoms with Crippen LogP contribution in [-0.4, -0.2) is 71.5 Å². The van der Waals surface area contributed by atoms with Gasteiger partial charge in [-0.2, -0.15) is 13.2 Å². The molecule has 1 amide bonds. The van der Waals surface area contributed by atoms with E-state index in [-0.39, 0.29) is 25.1 Å². The van der Waals surface area contributed by atoms with Crippen LogP contribution < -0.4 is 15.8 Å². The number of ether oxygens (including phenoxy) is 2. The number of hydrogen-bond acceptors (Lipinski definition) is 8. The molecule has 2 atom stereocenters. The number of rotatable bonds is 7. The first-order chi connectivity index (χ1) is 23.4. The molecule has 1 aliphatic heterocycles. The van der Waals surface area contributed by atoms with Crippen LogP contribution in [0.5, 0.6) is 0 Å². The molecule has 0 saturated carbocycles. The summed E-state index contributed by atoms with van der Waals surface area (Å²) in [7, 11) is 2.72. The minimum atomic E-state index is -4.74. The van der Waals surface area contributed by atoms with Crippen molar-refractivity contribution in [3.8, 4) is 11.1 Å². The van der Waals surface area contributed by atoms with Crippen molar-refractivity contribution in [2.45, 2.75) is 24.7 Å². The Hall–Kier alpha value is -5.44. The Morgan fingerprint density at radius 2 is 1.84 bits per heavy atom. The second-order valence-corrected chi connectivity index (χ2v) is 11.4. The van der Waals surface area contributed by atoms with E-state index in [1.165, 1.54) is 10.8 Å². The fourth-order valence-electron chi connectivity index (χ4n) is 6.06. The number of aromatic nitrogens is 3. The molecule has 0 bridgehead atoms. The molecule has 0 spiro atoms. The second-order valence-electron chi connectivity index (χ2n) is 11.4. The second kappa shape index (κ2) is 13.2. The molecular formula is C34H28F5N5O5. The van der Waals surface area contributed by atoms with Crippen LogP contribution >= 0.6 is 0 Å². The Bertz CT molecular complexity index is 2130. The first-order valence-corrected chi connectivity index (χ1v) is 15.0. The molecule has 0 aliphatic carbocycles. The highest BCUT2D eigenvalue weighted by Crippen LogP contribution is 2.33. The van der Waals surface area contributed by atoms with Crippen molar-refractivity contribution in [3.63, 3.8) is 0 Å². The van der Waals surface area contributed by atoms with Crippen molar-refractivity contribution in [3.05, 3.63) is 100 Å². The minimum absolute atomic E-state index is 0.0974. The van der Waals surface area contributed by atoms with E-state index < -0.39 is 59.6 Å². The molecule has 254 valence electrons. The van der Waals surface area contributed by atoms with Gasteiger partial charge in [0.2, 0.25) is 0 Å². The maximum Gasteiger partial charge on any atom is 0.411 e. The molecule has 5 aromatic rings. The lowest BCUT2D eigenvalue weighted by Gasteiger charge is -2.38. The van der Waals surface area contributed by atoms with Crippen LogP contribution in [0.4, 0.5) is 27.6 Å². The molecule has 6 rings (SSSR count). The van der Waals surface area contributed by atoms with E-state index in [9.17, 15) is 27.6 Å². The zero-order chi connectivity index (χ0) is 35.0. The van der Waals surface area contributed by atoms with Gasteiger partial charge in [-0.1, -0.05) is 18.2 Å². The van der Waals surface area contributed by atoms with E-state index in [1.807, 2.05) is 0 Å². The highest BCUT2D eigenvalue weighted by molar-refractivity contribution is 5.99. The highest BCUT2D eigenvalue weighted by Gasteiger charge is 2.46. The molecule has 10 nitrogen and oxygen atoms in total. The Balaban J connectivity index is 1.32. The number of pyridine rings is 3. The number of nitrogens with zero attached hydrogens (tertiary/aromatic N) is 4. The van der Waals surface area contributed by atoms with Crippen molar-refractivity contribution in [2.24, 2.45) is 7.05 Å². The third-order valence-electron chi connectivity index (χ3n) is 8.47. The first kappa shape index (κ1) is 33.5. The smallest absolute Gasteiger partial charge is 0.411 e. The summed E-state index contributed by atoms with van der Waals surface area (Å²) in [5.41, 5.74) is 0.667. The monoisotopic (exact) mass is 681 g/mol. The van der Waals surface area contributed by atoms with Crippen LogP contribution in [0.3, 0.4) is 0 Å². The Labute approximate surface area is 275 Å². The number of fused-ring (bicyclic) bond motifs is 2. The van der Waals surface area contributed by atoms with Crippen LogP contribution in [0.15, 0.2) is 71.9 Å². The number of amides is 1. The Kier molecular flexibility index (Phi) is 9.03. The summed E-state index contributed by atoms with van der Waals surface area (Å²) in [6.45, 7) is -1.11. The molecule has 49 heavy (non-hydrogen) atoms. The number of halogens is 5. The van der Waals surface area contributed by atoms with Crippen molar-refractivity contribution in [1.82, 2.24) is 19.9 Å². The maximum atomic E-state index is 15.3. The van der Waals surface area contributed by atoms with Gasteiger partial charge in [0.1, 0.15) is 29.3 Å². The largest absolute Gasteiger partial charge is 0.467 e. The number of carbonyl (C=O) groups is 2. The number of benzene rings is 2. The predicted octanol–water partition coefficient (Wildman–Crippen LogP) is 4.71. The normalized spacial score (nSPS) is 15.7. The third-order valence-corrected chi connectivity index (χ3v) is 8.47. The number of hydrogen-bond donors (Lipinski definition) is 1. The summed E-state index contributed by atoms with van der Waals surface area (Å²) in [4.78, 5) is 48.8. The number of carbonyl (C=O) groups excluding carboxylic acids is 2. The Morgan fingerprint density at radius 3 is 2.55 bits per heavy atom. The lowest BCUT2D eigenvalue weighted by molar-refractivity contribution is -0.167. The standard InChI is InChI=1S/C34H28F5N5O5/c1-43-27-7-9-40-16-19(27)12-23(32(43)46)21-6-5-18(30-22(21)4-3-8-41-30)13-26(33(47)48-2)42-31(45)29-24(35)14-20(15-25(29)36)44-10-11-49-17-28(44)34(37,38)39/h3-9,12,14-16,26,28H,10-11,13,17H2,1-2H3,(H,42,45)/t26-,28+/m0/s1. The average molecular weight is 682 g/mol. The van der Waals surface area contributed by atoms with Crippen molar-refractivity contribution in [2.75, 3.05) is 31.8 Å². The van der Waals surface area contributed by atoms with E-state index in [0.29, 0.717) is 45.2 Å². The summed E-state index contributed by atoms with van der Waals surface area (Å²) in [5.74, 6) is -5.11. The molecule has 0 unspecified atom stereocenters. The van der Waals surface area contributed by atoms with E-state index in [4.69, 9.17) is 9.47 Å². The summed E-state index contributed by atoms with van der Waals surface area (Å²) in [6, 6.07) is 7.83. The molecule has 1 fully saturated rings. The van der Waals surface area contributed by atoms with Crippen LogP contribution in [0, 0.1) is 11.6 Å². The number of methoxy groups -OCH3 is 1. The van der Waals surface area contributed by atoms with Crippen LogP contribution in [0.1, 0.15) is 15.9 Å². The molecule has 15 heteroatoms. The number of nitrogens with one attached hydrogen (secondary N) is 1. The van der Waals surface area contributed by atoms with E-state index in [2.05, 4.69) is 15.3 Å². The number of esters is 1. The molecule has 2 aromatic carbocycles. The Morgan fingerprint density at radius 1 is 1.08 bits per heavy atom. The molecule has 0 radical (unpaired) electrons. The van der Waals surface area contributed by atoms with Gasteiger partial charge >= 0.3 is 12.1 Å². The SMILES string of the molecule is COC(=O)[C@H](Cc1ccc(-c2cc3cnccc3n(C)c2=O)c2cccnc12)NC(=O)c1c(F)cc(N2CCOC[C@@H]2C(F)(F)F)cc1F. The van der Waals surface area contributed by atoms with Gasteiger partial charge in [-0.25, -0.2) is 13.6 Å². The number of alkyl halides is 3. The van der Waals surface area contributed by atoms with E-state index in [1.54, 1.807) is 55.8 Å². The lowest BCUT2D eigenvalue weighted by Crippen LogP contribution is -2.53. The van der Waals surface area contributed by atoms with Gasteiger partial charge < -0.3 is 24.3 Å². The zero-order valence-electron chi connectivity index (χ0n) is 26.1. The van der Waals surface area contributed by atoms with Crippen molar-refractivity contribution in [1.29, 1.82) is 0 Å². The van der Waals surface area contributed by atoms with Gasteiger partial charge in [0, 0.05) is 60.6 Å². The number of anilines is 1. The van der Waals surface area contributed by atoms with Crippen molar-refractivity contribution >= 4 is 39.4 Å². The maximum absolute atomic E-state index is 15.3. The van der Waals surface area contributed by atoms with Gasteiger partial charge in [-0.15, -0.1) is 0 Å². The predicted molar refractivity (Wildman–Crippen MR) is 169 cm³/mol. The fourth-order valence-corrected chi connectivity index (χ4v) is 6.06. The summed E-state index contributed by atoms with van der Waals surface area (Å²) in [6.07, 6.45) is -0.238. The quantitative estimate of drug-likeness (QED) is 0.194. The first-order valence-electron chi connectivity index (χ1n) is 15.0. The molecule has 3 aromatic heterocycles. The van der Waals surface area contributed by atoms with Crippen LogP contribution in [0.25, 0.3) is 32.9 Å². The molecular weight excluding hydrogens is 653 g/mol. The van der Waals surface area contributed by atoms with Crippen molar-refractivity contribution < 1.29 is 41.0 Å². The summed E-state index contributed by atoms with van der Waals surface area (Å²) < 4.78 is 82.6. The van der Waals surface area contributed by atoms with Crippen LogP contribution in [0.2, 0.25) is 0 Å². The molecule has 1 aliphatic rings. The van der Waals surface area contributed by atoms with E-state index >= 15 is 8.78 Å². The molecule has 1 N–H and O–H groups in total. The van der Waals surface area contributed by atoms with Crippen LogP contribution in [-0.2, 0) is 27.7 Å². The molecule has 1 saturated heterocycles. The zero-order valence-corrected chi connectivity index (χ0v) is 26.1. The van der Waals surface area contributed by atoms with Gasteiger partial charge in [-0.3, -0.25) is 19.6 Å². The fraction of sp³-hybridized carbons (Fsp3) is 0.265. The minimum Gasteiger partial charge on any atom is -0.467 e. The number of aryl methyl sites for hydroxylation is 1. The third kappa shape index (κ3) is 6.40. The van der Waals surface area contributed by atoms with Gasteiger partial charge in [0.15, 0.2) is 0 Å². The van der Waals surface area contributed by atoms with Gasteiger partial charge in [-0.05, 0) is 41.5 Å². The van der Waals surface area contributed by atoms with Gasteiger partial charge in [0.05, 0.1) is 31.4 Å². The van der Waals surface area contributed by atoms with E-state index in [0.717, 1.165) is 17.4 Å². The average Bonchev–Trinajstić information content (AvgIpc) is 3.08. The summed E-state index contributed by atoms with van der Waals surface area (Å²) >= 11 is 0. The topological polar surface area (TPSA) is 116 Å². The summed E-state index contributed by atoms with van der Waals surface area (Å²) in [5, 5.41) is 3.59. The lowest BCUT2D eigenvalue weighted by atomic mass is 9.95. The number of morpholine rings is 1. The van der Waals surface area contributed by atoms with Gasteiger partial charge in [0.25, 0.3) is 11.5 Å². The highest BCUT2D eigenvalue weighted by atomic mass is 19.4.